The van der Waals surface area contributed by atoms with E-state index in [1.54, 1.807) is 0 Å². The smallest absolute Gasteiger partial charge is 0.306 e. The maximum absolute atomic E-state index is 12.9. The highest BCUT2D eigenvalue weighted by Gasteiger charge is 2.22. The second kappa shape index (κ2) is 64.6. The monoisotopic (exact) mass is 1180 g/mol. The first-order valence-electron chi connectivity index (χ1n) is 33.3. The second-order valence-corrected chi connectivity index (χ2v) is 22.6. The first kappa shape index (κ1) is 79.7. The molecule has 0 amide bonds. The molecule has 0 aromatic carbocycles. The van der Waals surface area contributed by atoms with Gasteiger partial charge in [0.25, 0.3) is 0 Å². The number of hydrogen-bond acceptors (Lipinski definition) is 8. The fourth-order valence-electron chi connectivity index (χ4n) is 8.44. The number of carbonyl (C=O) groups excluding carboxylic acids is 3. The Balaban J connectivity index is 4.26. The Hall–Kier alpha value is -5.35. The van der Waals surface area contributed by atoms with E-state index in [4.69, 9.17) is 18.9 Å². The van der Waals surface area contributed by atoms with E-state index in [0.29, 0.717) is 17.4 Å². The average molecular weight is 1180 g/mol. The van der Waals surface area contributed by atoms with E-state index in [9.17, 15) is 19.5 Å². The molecule has 9 nitrogen and oxygen atoms in total. The maximum atomic E-state index is 12.9. The molecule has 0 aromatic heterocycles. The van der Waals surface area contributed by atoms with Crippen LogP contribution in [0.3, 0.4) is 0 Å². The third-order valence-corrected chi connectivity index (χ3v) is 13.5. The molecule has 0 saturated carbocycles. The van der Waals surface area contributed by atoms with E-state index in [2.05, 4.69) is 184 Å². The molecule has 478 valence electrons. The fourth-order valence-corrected chi connectivity index (χ4v) is 8.44. The molecule has 0 aliphatic heterocycles. The number of carboxylic acid groups (broad SMARTS) is 1. The Labute approximate surface area is 520 Å². The van der Waals surface area contributed by atoms with Gasteiger partial charge in [0.1, 0.15) is 13.2 Å². The topological polar surface area (TPSA) is 111 Å². The van der Waals surface area contributed by atoms with E-state index in [-0.39, 0.29) is 38.6 Å². The van der Waals surface area contributed by atoms with Crippen LogP contribution in [0.4, 0.5) is 0 Å². The molecule has 0 radical (unpaired) electrons. The van der Waals surface area contributed by atoms with Crippen LogP contribution < -0.4 is 5.11 Å². The van der Waals surface area contributed by atoms with Gasteiger partial charge in [-0.15, -0.1) is 0 Å². The van der Waals surface area contributed by atoms with E-state index in [0.717, 1.165) is 154 Å². The lowest BCUT2D eigenvalue weighted by Gasteiger charge is -2.26. The highest BCUT2D eigenvalue weighted by atomic mass is 16.7. The number of unbranched alkanes of at least 4 members (excludes halogenated alkanes) is 16. The number of carboxylic acids is 1. The van der Waals surface area contributed by atoms with Crippen molar-refractivity contribution in [1.29, 1.82) is 0 Å². The van der Waals surface area contributed by atoms with Crippen LogP contribution in [0.25, 0.3) is 0 Å². The predicted molar refractivity (Wildman–Crippen MR) is 361 cm³/mol. The van der Waals surface area contributed by atoms with E-state index < -0.39 is 24.3 Å². The Morgan fingerprint density at radius 3 is 0.941 bits per heavy atom. The number of carbonyl (C=O) groups is 3. The quantitative estimate of drug-likeness (QED) is 0.0195. The Bertz CT molecular complexity index is 2000. The van der Waals surface area contributed by atoms with Crippen molar-refractivity contribution in [3.8, 4) is 0 Å². The fraction of sp³-hybridized carbons (Fsp3) is 0.592. The molecule has 85 heavy (non-hydrogen) atoms. The van der Waals surface area contributed by atoms with Crippen LogP contribution in [-0.4, -0.2) is 82.3 Å². The summed E-state index contributed by atoms with van der Waals surface area (Å²) in [7, 11) is 5.91. The molecule has 0 rings (SSSR count). The number of hydrogen-bond donors (Lipinski definition) is 0. The summed E-state index contributed by atoms with van der Waals surface area (Å²) in [5.41, 5.74) is 0. The minimum absolute atomic E-state index is 0.135. The lowest BCUT2D eigenvalue weighted by Crippen LogP contribution is -2.44. The molecule has 0 fully saturated rings. The number of aliphatic carboxylic acids is 1. The zero-order valence-corrected chi connectivity index (χ0v) is 54.4. The van der Waals surface area contributed by atoms with Crippen molar-refractivity contribution in [1.82, 2.24) is 0 Å². The van der Waals surface area contributed by atoms with Gasteiger partial charge in [-0.05, 0) is 128 Å². The molecule has 0 spiro atoms. The van der Waals surface area contributed by atoms with Gasteiger partial charge in [0.05, 0.1) is 40.3 Å². The van der Waals surface area contributed by atoms with Gasteiger partial charge in [0.2, 0.25) is 0 Å². The maximum Gasteiger partial charge on any atom is 0.306 e. The largest absolute Gasteiger partial charge is 0.545 e. The average Bonchev–Trinajstić information content (AvgIpc) is 3.48. The number of allylic oxidation sites excluding steroid dienone is 28. The summed E-state index contributed by atoms with van der Waals surface area (Å²) in [6, 6.07) is 0. The van der Waals surface area contributed by atoms with Crippen molar-refractivity contribution < 1.29 is 42.9 Å². The number of rotatable bonds is 59. The van der Waals surface area contributed by atoms with Crippen molar-refractivity contribution in [3.05, 3.63) is 170 Å². The molecule has 0 saturated heterocycles. The molecule has 9 heteroatoms. The van der Waals surface area contributed by atoms with Crippen LogP contribution in [0.2, 0.25) is 0 Å². The van der Waals surface area contributed by atoms with Gasteiger partial charge in [0, 0.05) is 12.8 Å². The summed E-state index contributed by atoms with van der Waals surface area (Å²) >= 11 is 0. The molecule has 0 aromatic rings. The van der Waals surface area contributed by atoms with Crippen molar-refractivity contribution in [2.75, 3.05) is 47.5 Å². The van der Waals surface area contributed by atoms with Crippen LogP contribution in [0.1, 0.15) is 232 Å². The number of nitrogens with zero attached hydrogens (tertiary/aromatic N) is 1. The van der Waals surface area contributed by atoms with Gasteiger partial charge >= 0.3 is 11.9 Å². The predicted octanol–water partition coefficient (Wildman–Crippen LogP) is 19.3. The Morgan fingerprint density at radius 1 is 0.353 bits per heavy atom. The first-order chi connectivity index (χ1) is 41.6. The molecular formula is C76H121NO8. The lowest BCUT2D eigenvalue weighted by atomic mass is 10.1. The number of likely N-dealkylation sites (N-methyl/N-ethyl adjacent to an activating group) is 1. The Morgan fingerprint density at radius 2 is 0.635 bits per heavy atom. The van der Waals surface area contributed by atoms with Gasteiger partial charge < -0.3 is 33.3 Å². The summed E-state index contributed by atoms with van der Waals surface area (Å²) < 4.78 is 22.7. The van der Waals surface area contributed by atoms with Crippen LogP contribution in [0, 0.1) is 0 Å². The molecule has 2 atom stereocenters. The van der Waals surface area contributed by atoms with Crippen molar-refractivity contribution in [2.45, 2.75) is 245 Å². The zero-order valence-electron chi connectivity index (χ0n) is 54.4. The summed E-state index contributed by atoms with van der Waals surface area (Å²) in [5.74, 6) is -2.32. The third kappa shape index (κ3) is 66.0. The van der Waals surface area contributed by atoms with Gasteiger partial charge in [-0.1, -0.05) is 261 Å². The Kier molecular flexibility index (Phi) is 60.6. The molecular weight excluding hydrogens is 1050 g/mol. The van der Waals surface area contributed by atoms with Crippen molar-refractivity contribution in [2.24, 2.45) is 0 Å². The minimum atomic E-state index is -1.64. The van der Waals surface area contributed by atoms with Crippen molar-refractivity contribution in [3.63, 3.8) is 0 Å². The highest BCUT2D eigenvalue weighted by Crippen LogP contribution is 2.15. The van der Waals surface area contributed by atoms with Gasteiger partial charge in [-0.2, -0.15) is 0 Å². The van der Waals surface area contributed by atoms with E-state index in [1.807, 2.05) is 21.1 Å². The summed E-state index contributed by atoms with van der Waals surface area (Å²) in [6.45, 7) is 4.48. The van der Waals surface area contributed by atoms with Gasteiger partial charge in [-0.25, -0.2) is 0 Å². The van der Waals surface area contributed by atoms with Crippen LogP contribution in [-0.2, 0) is 33.3 Å². The van der Waals surface area contributed by atoms with Gasteiger partial charge in [-0.3, -0.25) is 9.59 Å². The molecule has 0 aliphatic carbocycles. The van der Waals surface area contributed by atoms with E-state index in [1.165, 1.54) is 44.9 Å². The molecule has 0 aliphatic rings. The standard InChI is InChI=1S/C76H121NO8/c1-6-8-10-12-14-16-18-20-22-24-26-28-30-32-33-34-35-36-37-38-39-40-41-43-45-47-49-51-53-55-57-59-61-63-65-67-74(79)85-72(71-84-76(75(80)81)82-69-68-77(3,4)5)70-83-73(78)66-64-62-60-58-56-54-52-50-48-46-44-42-31-29-27-25-23-21-19-17-15-13-11-9-7-2/h8-11,14-17,20-23,26-29,32-33,35-36,38-39,41-44,47,49,72,76H,6-7,12-13,18-19,24-25,30-31,34,37,40,45-46,48,50-71H2,1-5H3/b10-8-,11-9-,16-14-,17-15-,22-20-,23-21-,28-26-,29-27-,33-32-,36-35-,39-38-,43-41-,44-42-,49-47-. The summed E-state index contributed by atoms with van der Waals surface area (Å²) in [5, 5.41) is 11.8. The number of quaternary nitrogens is 1. The number of esters is 2. The second-order valence-electron chi connectivity index (χ2n) is 22.6. The first-order valence-corrected chi connectivity index (χ1v) is 33.3. The normalized spacial score (nSPS) is 13.8. The molecule has 0 bridgehead atoms. The van der Waals surface area contributed by atoms with Gasteiger partial charge in [0.15, 0.2) is 12.4 Å². The lowest BCUT2D eigenvalue weighted by molar-refractivity contribution is -0.870. The summed E-state index contributed by atoms with van der Waals surface area (Å²) in [6.07, 6.45) is 94.1. The van der Waals surface area contributed by atoms with Crippen LogP contribution in [0.15, 0.2) is 170 Å². The third-order valence-electron chi connectivity index (χ3n) is 13.5. The SMILES string of the molecule is CC/C=C\C/C=C\C/C=C\C/C=C\C/C=C\C/C=C\C/C=C\C/C=C\C/C=C\CCCCCCCCCC(=O)OC(COC(=O)CCCCCCCCCCC/C=C\C/C=C\C/C=C\C/C=C\C/C=C\CC)COC(OCC[N+](C)(C)C)C(=O)[O-]. The number of ether oxygens (including phenoxy) is 4. The van der Waals surface area contributed by atoms with Crippen LogP contribution in [0.5, 0.6) is 0 Å². The molecule has 0 heterocycles. The van der Waals surface area contributed by atoms with Crippen molar-refractivity contribution >= 4 is 17.9 Å². The van der Waals surface area contributed by atoms with Crippen LogP contribution >= 0.6 is 0 Å². The highest BCUT2D eigenvalue weighted by molar-refractivity contribution is 5.70. The minimum Gasteiger partial charge on any atom is -0.545 e. The molecule has 0 N–H and O–H groups in total. The molecule has 2 unspecified atom stereocenters. The summed E-state index contributed by atoms with van der Waals surface area (Å²) in [4.78, 5) is 37.5. The van der Waals surface area contributed by atoms with E-state index >= 15 is 0 Å². The zero-order chi connectivity index (χ0) is 61.9.